The van der Waals surface area contributed by atoms with E-state index in [0.29, 0.717) is 6.04 Å². The van der Waals surface area contributed by atoms with E-state index in [4.69, 9.17) is 0 Å². The highest BCUT2D eigenvalue weighted by Crippen LogP contribution is 2.27. The summed E-state index contributed by atoms with van der Waals surface area (Å²) in [5.74, 6) is 0. The summed E-state index contributed by atoms with van der Waals surface area (Å²) in [6.45, 7) is 4.35. The second-order valence-electron chi connectivity index (χ2n) is 4.34. The van der Waals surface area contributed by atoms with Gasteiger partial charge in [-0.2, -0.15) is 0 Å². The number of nitrogens with zero attached hydrogens (tertiary/aromatic N) is 1. The molecule has 1 N–H and O–H groups in total. The minimum atomic E-state index is 0.464. The lowest BCUT2D eigenvalue weighted by Gasteiger charge is -2.25. The third-order valence-electron chi connectivity index (χ3n) is 3.31. The van der Waals surface area contributed by atoms with Crippen LogP contribution >= 0.6 is 0 Å². The number of aromatic nitrogens is 1. The standard InChI is InChI=1S/C14H16N2/c1-11-13-7-8-14(16(13)10-9-15-11)12-5-3-2-4-6-12/h2-8,11,15H,9-10H2,1H3. The molecule has 2 heterocycles. The highest BCUT2D eigenvalue weighted by Gasteiger charge is 2.18. The molecule has 2 nitrogen and oxygen atoms in total. The summed E-state index contributed by atoms with van der Waals surface area (Å²) in [7, 11) is 0. The van der Waals surface area contributed by atoms with Crippen LogP contribution in [0.4, 0.5) is 0 Å². The Balaban J connectivity index is 2.10. The van der Waals surface area contributed by atoms with Crippen LogP contribution in [0.15, 0.2) is 42.5 Å². The summed E-state index contributed by atoms with van der Waals surface area (Å²) >= 11 is 0. The average molecular weight is 212 g/mol. The fraction of sp³-hybridized carbons (Fsp3) is 0.286. The van der Waals surface area contributed by atoms with Crippen molar-refractivity contribution in [3.63, 3.8) is 0 Å². The van der Waals surface area contributed by atoms with Crippen LogP contribution in [-0.4, -0.2) is 11.1 Å². The Bertz CT molecular complexity index is 485. The first-order valence-electron chi connectivity index (χ1n) is 5.84. The molecule has 2 aromatic rings. The van der Waals surface area contributed by atoms with Crippen LogP contribution in [0.1, 0.15) is 18.7 Å². The molecule has 0 aliphatic carbocycles. The Kier molecular flexibility index (Phi) is 2.29. The lowest BCUT2D eigenvalue weighted by molar-refractivity contribution is 0.451. The maximum atomic E-state index is 3.48. The molecule has 1 aromatic heterocycles. The maximum Gasteiger partial charge on any atom is 0.0483 e. The fourth-order valence-electron chi connectivity index (χ4n) is 2.47. The van der Waals surface area contributed by atoms with Crippen LogP contribution in [-0.2, 0) is 6.54 Å². The monoisotopic (exact) mass is 212 g/mol. The Labute approximate surface area is 95.9 Å². The van der Waals surface area contributed by atoms with E-state index in [-0.39, 0.29) is 0 Å². The van der Waals surface area contributed by atoms with E-state index in [0.717, 1.165) is 13.1 Å². The molecule has 0 saturated heterocycles. The van der Waals surface area contributed by atoms with Crippen molar-refractivity contribution >= 4 is 0 Å². The molecule has 0 saturated carbocycles. The molecule has 1 unspecified atom stereocenters. The lowest BCUT2D eigenvalue weighted by atomic mass is 10.1. The number of benzene rings is 1. The normalized spacial score (nSPS) is 19.4. The van der Waals surface area contributed by atoms with Gasteiger partial charge in [0, 0.05) is 30.5 Å². The molecule has 82 valence electrons. The van der Waals surface area contributed by atoms with Crippen molar-refractivity contribution in [2.24, 2.45) is 0 Å². The quantitative estimate of drug-likeness (QED) is 0.769. The summed E-state index contributed by atoms with van der Waals surface area (Å²) in [5, 5.41) is 3.48. The zero-order chi connectivity index (χ0) is 11.0. The van der Waals surface area contributed by atoms with Gasteiger partial charge in [0.05, 0.1) is 0 Å². The highest BCUT2D eigenvalue weighted by atomic mass is 15.1. The van der Waals surface area contributed by atoms with E-state index in [9.17, 15) is 0 Å². The Morgan fingerprint density at radius 3 is 2.75 bits per heavy atom. The third-order valence-corrected chi connectivity index (χ3v) is 3.31. The van der Waals surface area contributed by atoms with Gasteiger partial charge in [-0.15, -0.1) is 0 Å². The van der Waals surface area contributed by atoms with Gasteiger partial charge in [0.25, 0.3) is 0 Å². The van der Waals surface area contributed by atoms with E-state index in [1.807, 2.05) is 0 Å². The lowest BCUT2D eigenvalue weighted by Crippen LogP contribution is -2.31. The van der Waals surface area contributed by atoms with Crippen LogP contribution in [0.2, 0.25) is 0 Å². The molecule has 0 amide bonds. The number of hydrogen-bond donors (Lipinski definition) is 1. The average Bonchev–Trinajstić information content (AvgIpc) is 2.75. The summed E-state index contributed by atoms with van der Waals surface area (Å²) < 4.78 is 2.43. The zero-order valence-corrected chi connectivity index (χ0v) is 9.48. The van der Waals surface area contributed by atoms with Crippen molar-refractivity contribution in [3.8, 4) is 11.3 Å². The maximum absolute atomic E-state index is 3.48. The highest BCUT2D eigenvalue weighted by molar-refractivity contribution is 5.61. The second kappa shape index (κ2) is 3.80. The molecule has 1 aliphatic heterocycles. The predicted molar refractivity (Wildman–Crippen MR) is 66.3 cm³/mol. The van der Waals surface area contributed by atoms with Gasteiger partial charge in [-0.3, -0.25) is 0 Å². The summed E-state index contributed by atoms with van der Waals surface area (Å²) in [5.41, 5.74) is 4.04. The van der Waals surface area contributed by atoms with Crippen molar-refractivity contribution in [1.29, 1.82) is 0 Å². The summed E-state index contributed by atoms with van der Waals surface area (Å²) in [6, 6.07) is 15.5. The van der Waals surface area contributed by atoms with E-state index >= 15 is 0 Å². The first-order valence-corrected chi connectivity index (χ1v) is 5.84. The van der Waals surface area contributed by atoms with Crippen molar-refractivity contribution in [2.75, 3.05) is 6.54 Å². The van der Waals surface area contributed by atoms with E-state index in [2.05, 4.69) is 59.3 Å². The van der Waals surface area contributed by atoms with Crippen LogP contribution in [0.5, 0.6) is 0 Å². The van der Waals surface area contributed by atoms with Gasteiger partial charge in [0.15, 0.2) is 0 Å². The molecule has 1 aromatic carbocycles. The summed E-state index contributed by atoms with van der Waals surface area (Å²) in [4.78, 5) is 0. The van der Waals surface area contributed by atoms with Gasteiger partial charge in [0.2, 0.25) is 0 Å². The van der Waals surface area contributed by atoms with E-state index < -0.39 is 0 Å². The van der Waals surface area contributed by atoms with Gasteiger partial charge in [-0.05, 0) is 24.6 Å². The Morgan fingerprint density at radius 1 is 1.12 bits per heavy atom. The second-order valence-corrected chi connectivity index (χ2v) is 4.34. The van der Waals surface area contributed by atoms with E-state index in [1.54, 1.807) is 0 Å². The molecule has 1 aliphatic rings. The zero-order valence-electron chi connectivity index (χ0n) is 9.48. The first-order chi connectivity index (χ1) is 7.86. The Hall–Kier alpha value is -1.54. The van der Waals surface area contributed by atoms with Crippen molar-refractivity contribution in [3.05, 3.63) is 48.2 Å². The number of rotatable bonds is 1. The molecule has 1 atom stereocenters. The van der Waals surface area contributed by atoms with Gasteiger partial charge in [-0.25, -0.2) is 0 Å². The van der Waals surface area contributed by atoms with Crippen LogP contribution in [0, 0.1) is 0 Å². The van der Waals surface area contributed by atoms with Crippen molar-refractivity contribution < 1.29 is 0 Å². The van der Waals surface area contributed by atoms with Crippen LogP contribution in [0.3, 0.4) is 0 Å². The predicted octanol–water partition coefficient (Wildman–Crippen LogP) is 2.82. The minimum Gasteiger partial charge on any atom is -0.342 e. The van der Waals surface area contributed by atoms with Gasteiger partial charge in [-0.1, -0.05) is 30.3 Å². The molecular weight excluding hydrogens is 196 g/mol. The molecule has 2 heteroatoms. The van der Waals surface area contributed by atoms with Gasteiger partial charge >= 0.3 is 0 Å². The van der Waals surface area contributed by atoms with Crippen LogP contribution in [0.25, 0.3) is 11.3 Å². The third kappa shape index (κ3) is 1.46. The molecule has 16 heavy (non-hydrogen) atoms. The number of nitrogens with one attached hydrogen (secondary N) is 1. The molecular formula is C14H16N2. The number of fused-ring (bicyclic) bond motifs is 1. The minimum absolute atomic E-state index is 0.464. The van der Waals surface area contributed by atoms with Crippen LogP contribution < -0.4 is 5.32 Å². The van der Waals surface area contributed by atoms with Gasteiger partial charge < -0.3 is 9.88 Å². The largest absolute Gasteiger partial charge is 0.342 e. The van der Waals surface area contributed by atoms with Gasteiger partial charge in [0.1, 0.15) is 0 Å². The molecule has 0 bridgehead atoms. The molecule has 3 rings (SSSR count). The molecule has 0 spiro atoms. The van der Waals surface area contributed by atoms with E-state index in [1.165, 1.54) is 17.0 Å². The van der Waals surface area contributed by atoms with Crippen molar-refractivity contribution in [1.82, 2.24) is 9.88 Å². The summed E-state index contributed by atoms with van der Waals surface area (Å²) in [6.07, 6.45) is 0. The topological polar surface area (TPSA) is 17.0 Å². The molecule has 0 radical (unpaired) electrons. The molecule has 0 fully saturated rings. The smallest absolute Gasteiger partial charge is 0.0483 e. The fourth-order valence-corrected chi connectivity index (χ4v) is 2.47. The SMILES string of the molecule is CC1NCCn2c(-c3ccccc3)ccc21. The van der Waals surface area contributed by atoms with Crippen molar-refractivity contribution in [2.45, 2.75) is 19.5 Å². The first kappa shape index (κ1) is 9.67. The number of hydrogen-bond acceptors (Lipinski definition) is 1. The Morgan fingerprint density at radius 2 is 1.94 bits per heavy atom.